The van der Waals surface area contributed by atoms with Crippen LogP contribution in [0.4, 0.5) is 4.39 Å². The van der Waals surface area contributed by atoms with Crippen LogP contribution in [0, 0.1) is 11.7 Å². The molecule has 0 aromatic heterocycles. The molecule has 0 saturated carbocycles. The Morgan fingerprint density at radius 3 is 2.03 bits per heavy atom. The van der Waals surface area contributed by atoms with Crippen molar-refractivity contribution in [3.63, 3.8) is 0 Å². The number of benzene rings is 3. The molecule has 2 heterocycles. The van der Waals surface area contributed by atoms with Gasteiger partial charge in [0.15, 0.2) is 26.3 Å². The van der Waals surface area contributed by atoms with E-state index in [1.54, 1.807) is 12.1 Å². The van der Waals surface area contributed by atoms with Crippen molar-refractivity contribution in [1.82, 2.24) is 0 Å². The SMILES string of the molecule is CC(C)(Oc1ccc([S+](c2ccccc2)c2ccccc2)cc1F)C1CC2CCC1O2. The van der Waals surface area contributed by atoms with Gasteiger partial charge in [-0.05, 0) is 69.5 Å². The van der Waals surface area contributed by atoms with Gasteiger partial charge in [0.25, 0.3) is 0 Å². The van der Waals surface area contributed by atoms with Crippen LogP contribution in [0.3, 0.4) is 0 Å². The van der Waals surface area contributed by atoms with Crippen molar-refractivity contribution in [3.8, 4) is 5.75 Å². The van der Waals surface area contributed by atoms with Crippen LogP contribution < -0.4 is 4.74 Å². The highest BCUT2D eigenvalue weighted by Gasteiger charge is 2.49. The van der Waals surface area contributed by atoms with Crippen molar-refractivity contribution in [2.75, 3.05) is 0 Å². The van der Waals surface area contributed by atoms with Gasteiger partial charge in [-0.2, -0.15) is 0 Å². The van der Waals surface area contributed by atoms with Gasteiger partial charge >= 0.3 is 0 Å². The Hall–Kier alpha value is -2.30. The Balaban J connectivity index is 1.44. The average molecular weight is 436 g/mol. The molecule has 31 heavy (non-hydrogen) atoms. The molecular weight excluding hydrogens is 407 g/mol. The summed E-state index contributed by atoms with van der Waals surface area (Å²) < 4.78 is 27.6. The normalized spacial score (nSPS) is 22.8. The molecule has 0 spiro atoms. The fraction of sp³-hybridized carbons (Fsp3) is 0.333. The zero-order valence-electron chi connectivity index (χ0n) is 18.0. The maximum absolute atomic E-state index is 15.3. The number of ether oxygens (including phenoxy) is 2. The Morgan fingerprint density at radius 1 is 0.871 bits per heavy atom. The molecule has 3 aromatic carbocycles. The van der Waals surface area contributed by atoms with E-state index >= 15 is 4.39 Å². The molecule has 160 valence electrons. The van der Waals surface area contributed by atoms with Crippen molar-refractivity contribution in [2.24, 2.45) is 5.92 Å². The van der Waals surface area contributed by atoms with Crippen LogP contribution in [0.1, 0.15) is 33.1 Å². The van der Waals surface area contributed by atoms with Crippen LogP contribution in [-0.4, -0.2) is 17.8 Å². The van der Waals surface area contributed by atoms with Crippen LogP contribution >= 0.6 is 0 Å². The van der Waals surface area contributed by atoms with E-state index in [1.807, 2.05) is 42.5 Å². The molecule has 2 fully saturated rings. The van der Waals surface area contributed by atoms with Crippen LogP contribution in [0.2, 0.25) is 0 Å². The zero-order chi connectivity index (χ0) is 21.4. The number of hydrogen-bond acceptors (Lipinski definition) is 2. The van der Waals surface area contributed by atoms with E-state index in [9.17, 15) is 0 Å². The molecule has 3 unspecified atom stereocenters. The summed E-state index contributed by atoms with van der Waals surface area (Å²) in [6, 6.07) is 26.0. The predicted molar refractivity (Wildman–Crippen MR) is 122 cm³/mol. The Kier molecular flexibility index (Phi) is 5.53. The highest BCUT2D eigenvalue weighted by Crippen LogP contribution is 2.45. The van der Waals surface area contributed by atoms with Crippen LogP contribution in [0.5, 0.6) is 5.75 Å². The number of rotatable bonds is 6. The zero-order valence-corrected chi connectivity index (χ0v) is 18.8. The monoisotopic (exact) mass is 435 g/mol. The van der Waals surface area contributed by atoms with Gasteiger partial charge in [-0.15, -0.1) is 0 Å². The molecule has 2 aliphatic heterocycles. The lowest BCUT2D eigenvalue weighted by Crippen LogP contribution is -2.42. The molecule has 0 aliphatic carbocycles. The van der Waals surface area contributed by atoms with Crippen LogP contribution in [0.25, 0.3) is 0 Å². The largest absolute Gasteiger partial charge is 0.484 e. The standard InChI is InChI=1S/C27H28FO2S/c1-27(2,23-17-19-13-15-25(23)29-19)30-26-16-14-22(18-24(26)28)31(20-9-5-3-6-10-20)21-11-7-4-8-12-21/h3-12,14,16,18-19,23,25H,13,15,17H2,1-2H3/q+1. The molecule has 3 atom stereocenters. The number of hydrogen-bond donors (Lipinski definition) is 0. The summed E-state index contributed by atoms with van der Waals surface area (Å²) in [7, 11) is -0.375. The third-order valence-electron chi connectivity index (χ3n) is 6.47. The van der Waals surface area contributed by atoms with E-state index in [-0.39, 0.29) is 22.8 Å². The predicted octanol–water partition coefficient (Wildman–Crippen LogP) is 6.65. The number of fused-ring (bicyclic) bond motifs is 2. The lowest BCUT2D eigenvalue weighted by Gasteiger charge is -2.36. The average Bonchev–Trinajstić information content (AvgIpc) is 3.42. The van der Waals surface area contributed by atoms with Gasteiger partial charge in [0.2, 0.25) is 0 Å². The summed E-state index contributed by atoms with van der Waals surface area (Å²) in [5, 5.41) is 0. The fourth-order valence-electron chi connectivity index (χ4n) is 4.94. The molecule has 2 nitrogen and oxygen atoms in total. The molecule has 0 radical (unpaired) electrons. The van der Waals surface area contributed by atoms with E-state index < -0.39 is 5.60 Å². The molecular formula is C27H28FO2S+. The van der Waals surface area contributed by atoms with Gasteiger partial charge in [-0.1, -0.05) is 36.4 Å². The van der Waals surface area contributed by atoms with Crippen molar-refractivity contribution in [2.45, 2.75) is 65.6 Å². The first-order chi connectivity index (χ1) is 15.0. The van der Waals surface area contributed by atoms with Gasteiger partial charge in [-0.3, -0.25) is 0 Å². The topological polar surface area (TPSA) is 18.5 Å². The van der Waals surface area contributed by atoms with Crippen LogP contribution in [0.15, 0.2) is 93.5 Å². The molecule has 0 amide bonds. The summed E-state index contributed by atoms with van der Waals surface area (Å²) in [4.78, 5) is 3.28. The molecule has 3 aromatic rings. The summed E-state index contributed by atoms with van der Waals surface area (Å²) in [5.41, 5.74) is -0.470. The van der Waals surface area contributed by atoms with Gasteiger partial charge in [0.05, 0.1) is 23.1 Å². The van der Waals surface area contributed by atoms with Gasteiger partial charge < -0.3 is 9.47 Å². The van der Waals surface area contributed by atoms with E-state index in [4.69, 9.17) is 9.47 Å². The van der Waals surface area contributed by atoms with Gasteiger partial charge in [-0.25, -0.2) is 4.39 Å². The Bertz CT molecular complexity index is 998. The Morgan fingerprint density at radius 2 is 1.52 bits per heavy atom. The maximum Gasteiger partial charge on any atom is 0.170 e. The highest BCUT2D eigenvalue weighted by molar-refractivity contribution is 7.97. The third kappa shape index (κ3) is 4.11. The highest BCUT2D eigenvalue weighted by atomic mass is 32.2. The lowest BCUT2D eigenvalue weighted by atomic mass is 9.78. The minimum atomic E-state index is -0.470. The second-order valence-corrected chi connectivity index (χ2v) is 11.0. The van der Waals surface area contributed by atoms with Gasteiger partial charge in [0, 0.05) is 12.0 Å². The summed E-state index contributed by atoms with van der Waals surface area (Å²) in [5.74, 6) is 0.314. The molecule has 2 bridgehead atoms. The van der Waals surface area contributed by atoms with Crippen molar-refractivity contribution >= 4 is 10.9 Å². The number of halogens is 1. The second kappa shape index (κ2) is 8.33. The molecule has 5 rings (SSSR count). The molecule has 2 aliphatic rings. The first kappa shape index (κ1) is 20.6. The minimum Gasteiger partial charge on any atom is -0.484 e. The smallest absolute Gasteiger partial charge is 0.170 e. The lowest BCUT2D eigenvalue weighted by molar-refractivity contribution is -0.000173. The van der Waals surface area contributed by atoms with E-state index in [2.05, 4.69) is 38.1 Å². The van der Waals surface area contributed by atoms with E-state index in [0.29, 0.717) is 17.8 Å². The molecule has 0 N–H and O–H groups in total. The summed E-state index contributed by atoms with van der Waals surface area (Å²) >= 11 is 0. The quantitative estimate of drug-likeness (QED) is 0.404. The maximum atomic E-state index is 15.3. The first-order valence-electron chi connectivity index (χ1n) is 11.0. The van der Waals surface area contributed by atoms with E-state index in [0.717, 1.165) is 24.2 Å². The van der Waals surface area contributed by atoms with Crippen LogP contribution in [-0.2, 0) is 15.6 Å². The molecule has 4 heteroatoms. The van der Waals surface area contributed by atoms with E-state index in [1.165, 1.54) is 9.79 Å². The fourth-order valence-corrected chi connectivity index (χ4v) is 7.04. The first-order valence-corrected chi connectivity index (χ1v) is 12.2. The minimum absolute atomic E-state index is 0.240. The van der Waals surface area contributed by atoms with Gasteiger partial charge in [0.1, 0.15) is 5.60 Å². The van der Waals surface area contributed by atoms with Crippen molar-refractivity contribution in [3.05, 3.63) is 84.7 Å². The second-order valence-electron chi connectivity index (χ2n) is 8.95. The Labute approximate surface area is 186 Å². The van der Waals surface area contributed by atoms with Crippen molar-refractivity contribution < 1.29 is 13.9 Å². The summed E-state index contributed by atoms with van der Waals surface area (Å²) in [6.07, 6.45) is 3.82. The molecule has 2 saturated heterocycles. The van der Waals surface area contributed by atoms with Crippen molar-refractivity contribution in [1.29, 1.82) is 0 Å². The third-order valence-corrected chi connectivity index (χ3v) is 8.68. The summed E-state index contributed by atoms with van der Waals surface area (Å²) in [6.45, 7) is 4.13.